The van der Waals surface area contributed by atoms with Crippen LogP contribution in [0.5, 0.6) is 0 Å². The Labute approximate surface area is 94.6 Å². The van der Waals surface area contributed by atoms with Crippen LogP contribution in [0.25, 0.3) is 0 Å². The lowest BCUT2D eigenvalue weighted by Gasteiger charge is -2.17. The molecule has 1 aliphatic rings. The highest BCUT2D eigenvalue weighted by Crippen LogP contribution is 2.27. The number of ketones is 1. The maximum absolute atomic E-state index is 12.2. The number of carbonyl (C=O) groups is 2. The highest BCUT2D eigenvalue weighted by molar-refractivity contribution is 6.01. The second kappa shape index (κ2) is 3.87. The number of halogens is 3. The Hall–Kier alpha value is -1.85. The maximum atomic E-state index is 12.2. The molecule has 1 heterocycles. The quantitative estimate of drug-likeness (QED) is 0.769. The molecule has 0 unspecified atom stereocenters. The molecule has 0 saturated carbocycles. The molecule has 0 fully saturated rings. The monoisotopic (exact) mass is 243 g/mol. The lowest BCUT2D eigenvalue weighted by molar-refractivity contribution is -0.116. The molecule has 1 N–H and O–H groups in total. The van der Waals surface area contributed by atoms with Crippen molar-refractivity contribution >= 4 is 17.4 Å². The first-order valence-corrected chi connectivity index (χ1v) is 4.92. The SMILES string of the molecule is O=C1CCc2cc(C(=O)C(F)(F)F)ccc2N1. The van der Waals surface area contributed by atoms with Crippen molar-refractivity contribution < 1.29 is 22.8 Å². The largest absolute Gasteiger partial charge is 0.454 e. The van der Waals surface area contributed by atoms with Crippen molar-refractivity contribution in [3.8, 4) is 0 Å². The van der Waals surface area contributed by atoms with Crippen LogP contribution in [0, 0.1) is 0 Å². The molecule has 90 valence electrons. The number of aryl methyl sites for hydroxylation is 1. The fourth-order valence-corrected chi connectivity index (χ4v) is 1.69. The lowest BCUT2D eigenvalue weighted by Crippen LogP contribution is -2.24. The average molecular weight is 243 g/mol. The smallest absolute Gasteiger partial charge is 0.326 e. The van der Waals surface area contributed by atoms with Crippen LogP contribution in [0.1, 0.15) is 22.3 Å². The maximum Gasteiger partial charge on any atom is 0.454 e. The predicted octanol–water partition coefficient (Wildman–Crippen LogP) is 2.32. The molecule has 0 spiro atoms. The number of hydrogen-bond acceptors (Lipinski definition) is 2. The molecule has 3 nitrogen and oxygen atoms in total. The summed E-state index contributed by atoms with van der Waals surface area (Å²) < 4.78 is 36.6. The Morgan fingerprint density at radius 2 is 1.94 bits per heavy atom. The Morgan fingerprint density at radius 1 is 1.24 bits per heavy atom. The Bertz CT molecular complexity index is 494. The van der Waals surface area contributed by atoms with Crippen LogP contribution in [-0.2, 0) is 11.2 Å². The number of amides is 1. The van der Waals surface area contributed by atoms with Crippen molar-refractivity contribution in [2.45, 2.75) is 19.0 Å². The number of Topliss-reactive ketones (excluding diaryl/α,β-unsaturated/α-hetero) is 1. The normalized spacial score (nSPS) is 15.1. The highest BCUT2D eigenvalue weighted by atomic mass is 19.4. The summed E-state index contributed by atoms with van der Waals surface area (Å²) >= 11 is 0. The third-order valence-electron chi connectivity index (χ3n) is 2.52. The van der Waals surface area contributed by atoms with Crippen molar-refractivity contribution in [3.63, 3.8) is 0 Å². The summed E-state index contributed by atoms with van der Waals surface area (Å²) in [6.45, 7) is 0. The van der Waals surface area contributed by atoms with E-state index >= 15 is 0 Å². The second-order valence-electron chi connectivity index (χ2n) is 3.75. The van der Waals surface area contributed by atoms with E-state index in [0.717, 1.165) is 6.07 Å². The summed E-state index contributed by atoms with van der Waals surface area (Å²) in [7, 11) is 0. The summed E-state index contributed by atoms with van der Waals surface area (Å²) in [5.41, 5.74) is 0.632. The van der Waals surface area contributed by atoms with Gasteiger partial charge in [0.25, 0.3) is 5.78 Å². The average Bonchev–Trinajstić information content (AvgIpc) is 2.26. The van der Waals surface area contributed by atoms with E-state index in [4.69, 9.17) is 0 Å². The molecular formula is C11H8F3NO2. The van der Waals surface area contributed by atoms with Crippen molar-refractivity contribution in [1.29, 1.82) is 0 Å². The van der Waals surface area contributed by atoms with Crippen LogP contribution in [0.15, 0.2) is 18.2 Å². The van der Waals surface area contributed by atoms with Gasteiger partial charge in [0.15, 0.2) is 0 Å². The van der Waals surface area contributed by atoms with E-state index in [0.29, 0.717) is 17.7 Å². The number of hydrogen-bond donors (Lipinski definition) is 1. The molecule has 0 saturated heterocycles. The molecule has 1 amide bonds. The van der Waals surface area contributed by atoms with Gasteiger partial charge in [0, 0.05) is 17.7 Å². The van der Waals surface area contributed by atoms with Gasteiger partial charge in [0.1, 0.15) is 0 Å². The highest BCUT2D eigenvalue weighted by Gasteiger charge is 2.39. The first-order chi connectivity index (χ1) is 7.88. The zero-order valence-corrected chi connectivity index (χ0v) is 8.60. The van der Waals surface area contributed by atoms with Crippen LogP contribution in [0.3, 0.4) is 0 Å². The molecular weight excluding hydrogens is 235 g/mol. The summed E-state index contributed by atoms with van der Waals surface area (Å²) in [5.74, 6) is -2.04. The van der Waals surface area contributed by atoms with Gasteiger partial charge < -0.3 is 5.32 Å². The zero-order valence-electron chi connectivity index (χ0n) is 8.60. The van der Waals surface area contributed by atoms with Gasteiger partial charge in [-0.25, -0.2) is 0 Å². The molecule has 0 aromatic heterocycles. The van der Waals surface area contributed by atoms with Crippen molar-refractivity contribution in [2.75, 3.05) is 5.32 Å². The van der Waals surface area contributed by atoms with E-state index in [1.54, 1.807) is 0 Å². The van der Waals surface area contributed by atoms with Crippen LogP contribution in [-0.4, -0.2) is 17.9 Å². The van der Waals surface area contributed by atoms with E-state index in [2.05, 4.69) is 5.32 Å². The van der Waals surface area contributed by atoms with Gasteiger partial charge in [-0.15, -0.1) is 0 Å². The number of benzene rings is 1. The topological polar surface area (TPSA) is 46.2 Å². The van der Waals surface area contributed by atoms with Gasteiger partial charge in [0.2, 0.25) is 5.91 Å². The predicted molar refractivity (Wildman–Crippen MR) is 53.8 cm³/mol. The van der Waals surface area contributed by atoms with Gasteiger partial charge >= 0.3 is 6.18 Å². The van der Waals surface area contributed by atoms with Crippen molar-refractivity contribution in [3.05, 3.63) is 29.3 Å². The molecule has 2 rings (SSSR count). The Kier molecular flexibility index (Phi) is 2.65. The standard InChI is InChI=1S/C11H8F3NO2/c12-11(13,14)10(17)7-1-3-8-6(5-7)2-4-9(16)15-8/h1,3,5H,2,4H2,(H,15,16). The number of alkyl halides is 3. The number of anilines is 1. The second-order valence-corrected chi connectivity index (χ2v) is 3.75. The molecule has 0 radical (unpaired) electrons. The van der Waals surface area contributed by atoms with Crippen molar-refractivity contribution in [1.82, 2.24) is 0 Å². The fourth-order valence-electron chi connectivity index (χ4n) is 1.69. The van der Waals surface area contributed by atoms with Gasteiger partial charge in [-0.05, 0) is 30.2 Å². The van der Waals surface area contributed by atoms with Gasteiger partial charge in [-0.2, -0.15) is 13.2 Å². The molecule has 1 aromatic rings. The number of fused-ring (bicyclic) bond motifs is 1. The molecule has 0 atom stereocenters. The summed E-state index contributed by atoms with van der Waals surface area (Å²) in [6.07, 6.45) is -4.30. The van der Waals surface area contributed by atoms with Crippen LogP contribution >= 0.6 is 0 Å². The molecule has 6 heteroatoms. The minimum Gasteiger partial charge on any atom is -0.326 e. The van der Waals surface area contributed by atoms with Crippen LogP contribution < -0.4 is 5.32 Å². The van der Waals surface area contributed by atoms with E-state index in [-0.39, 0.29) is 12.3 Å². The van der Waals surface area contributed by atoms with Crippen molar-refractivity contribution in [2.24, 2.45) is 0 Å². The number of carbonyl (C=O) groups excluding carboxylic acids is 2. The molecule has 0 aliphatic carbocycles. The molecule has 1 aliphatic heterocycles. The van der Waals surface area contributed by atoms with E-state index in [1.807, 2.05) is 0 Å². The number of nitrogens with one attached hydrogen (secondary N) is 1. The third kappa shape index (κ3) is 2.30. The zero-order chi connectivity index (χ0) is 12.6. The van der Waals surface area contributed by atoms with Gasteiger partial charge in [-0.3, -0.25) is 9.59 Å². The minimum atomic E-state index is -4.87. The lowest BCUT2D eigenvalue weighted by atomic mass is 9.99. The Balaban J connectivity index is 2.35. The summed E-state index contributed by atoms with van der Waals surface area (Å²) in [5, 5.41) is 2.53. The van der Waals surface area contributed by atoms with E-state index in [9.17, 15) is 22.8 Å². The van der Waals surface area contributed by atoms with Crippen LogP contribution in [0.4, 0.5) is 18.9 Å². The molecule has 17 heavy (non-hydrogen) atoms. The first kappa shape index (κ1) is 11.6. The molecule has 0 bridgehead atoms. The first-order valence-electron chi connectivity index (χ1n) is 4.92. The Morgan fingerprint density at radius 3 is 2.59 bits per heavy atom. The minimum absolute atomic E-state index is 0.174. The molecule has 1 aromatic carbocycles. The summed E-state index contributed by atoms with van der Waals surface area (Å²) in [6, 6.07) is 3.58. The number of rotatable bonds is 1. The van der Waals surface area contributed by atoms with Gasteiger partial charge in [-0.1, -0.05) is 0 Å². The summed E-state index contributed by atoms with van der Waals surface area (Å²) in [4.78, 5) is 22.0. The van der Waals surface area contributed by atoms with Gasteiger partial charge in [0.05, 0.1) is 0 Å². The van der Waals surface area contributed by atoms with E-state index < -0.39 is 17.5 Å². The fraction of sp³-hybridized carbons (Fsp3) is 0.273. The van der Waals surface area contributed by atoms with E-state index in [1.165, 1.54) is 12.1 Å². The third-order valence-corrected chi connectivity index (χ3v) is 2.52. The van der Waals surface area contributed by atoms with Crippen LogP contribution in [0.2, 0.25) is 0 Å².